The maximum absolute atomic E-state index is 12.2. The van der Waals surface area contributed by atoms with Crippen LogP contribution in [0.15, 0.2) is 0 Å². The first-order chi connectivity index (χ1) is 8.79. The lowest BCUT2D eigenvalue weighted by Crippen LogP contribution is -2.60. The van der Waals surface area contributed by atoms with Gasteiger partial charge in [-0.3, -0.25) is 24.5 Å². The number of hydrogen-bond acceptors (Lipinski definition) is 4. The minimum Gasteiger partial charge on any atom is -0.481 e. The number of hydrogen-bond donors (Lipinski definition) is 2. The second-order valence-corrected chi connectivity index (χ2v) is 4.72. The van der Waals surface area contributed by atoms with E-state index in [0.29, 0.717) is 6.42 Å². The Morgan fingerprint density at radius 1 is 1.37 bits per heavy atom. The second-order valence-electron chi connectivity index (χ2n) is 4.72. The van der Waals surface area contributed by atoms with Crippen molar-refractivity contribution < 1.29 is 24.3 Å². The molecule has 0 radical (unpaired) electrons. The van der Waals surface area contributed by atoms with Gasteiger partial charge in [0.15, 0.2) is 0 Å². The number of rotatable bonds is 4. The van der Waals surface area contributed by atoms with E-state index < -0.39 is 41.6 Å². The summed E-state index contributed by atoms with van der Waals surface area (Å²) in [4.78, 5) is 47.3. The molecular formula is C12H18N2O5. The molecular weight excluding hydrogens is 252 g/mol. The first-order valence-electron chi connectivity index (χ1n) is 6.16. The lowest BCUT2D eigenvalue weighted by atomic mass is 9.93. The van der Waals surface area contributed by atoms with E-state index >= 15 is 0 Å². The maximum Gasteiger partial charge on any atom is 0.307 e. The average Bonchev–Trinajstić information content (AvgIpc) is 2.35. The Bertz CT molecular complexity index is 420. The molecule has 3 atom stereocenters. The Morgan fingerprint density at radius 2 is 1.95 bits per heavy atom. The number of piperazine rings is 1. The van der Waals surface area contributed by atoms with Crippen LogP contribution < -0.4 is 5.32 Å². The Hall–Kier alpha value is -1.92. The molecule has 0 bridgehead atoms. The van der Waals surface area contributed by atoms with Crippen molar-refractivity contribution in [1.29, 1.82) is 0 Å². The molecule has 3 unspecified atom stereocenters. The van der Waals surface area contributed by atoms with Gasteiger partial charge in [0.25, 0.3) is 0 Å². The van der Waals surface area contributed by atoms with Crippen LogP contribution in [-0.4, -0.2) is 46.3 Å². The Morgan fingerprint density at radius 3 is 2.42 bits per heavy atom. The molecule has 2 N–H and O–H groups in total. The number of carboxylic acid groups (broad SMARTS) is 1. The highest BCUT2D eigenvalue weighted by Gasteiger charge is 2.39. The first kappa shape index (κ1) is 15.1. The number of carboxylic acids is 1. The van der Waals surface area contributed by atoms with Gasteiger partial charge in [-0.25, -0.2) is 0 Å². The van der Waals surface area contributed by atoms with Crippen molar-refractivity contribution in [3.05, 3.63) is 0 Å². The highest BCUT2D eigenvalue weighted by Crippen LogP contribution is 2.19. The van der Waals surface area contributed by atoms with Crippen molar-refractivity contribution in [2.75, 3.05) is 6.54 Å². The van der Waals surface area contributed by atoms with Crippen LogP contribution in [0, 0.1) is 11.8 Å². The number of imide groups is 1. The third-order valence-electron chi connectivity index (χ3n) is 3.45. The molecule has 0 spiro atoms. The van der Waals surface area contributed by atoms with Crippen molar-refractivity contribution >= 4 is 23.7 Å². The van der Waals surface area contributed by atoms with Crippen LogP contribution in [0.1, 0.15) is 27.2 Å². The third kappa shape index (κ3) is 3.10. The van der Waals surface area contributed by atoms with Crippen LogP contribution in [-0.2, 0) is 19.2 Å². The quantitative estimate of drug-likeness (QED) is 0.677. The molecule has 0 aromatic carbocycles. The molecule has 1 fully saturated rings. The van der Waals surface area contributed by atoms with Crippen molar-refractivity contribution in [2.45, 2.75) is 33.2 Å². The third-order valence-corrected chi connectivity index (χ3v) is 3.45. The summed E-state index contributed by atoms with van der Waals surface area (Å²) in [5, 5.41) is 11.1. The Labute approximate surface area is 110 Å². The second kappa shape index (κ2) is 5.81. The Kier molecular flexibility index (Phi) is 4.63. The van der Waals surface area contributed by atoms with Crippen molar-refractivity contribution in [1.82, 2.24) is 10.2 Å². The fourth-order valence-corrected chi connectivity index (χ4v) is 1.99. The molecule has 3 amide bonds. The van der Waals surface area contributed by atoms with E-state index in [9.17, 15) is 19.2 Å². The molecule has 7 heteroatoms. The van der Waals surface area contributed by atoms with E-state index in [1.54, 1.807) is 6.92 Å². The largest absolute Gasteiger partial charge is 0.481 e. The van der Waals surface area contributed by atoms with E-state index in [4.69, 9.17) is 5.11 Å². The number of carbonyl (C=O) groups excluding carboxylic acids is 3. The van der Waals surface area contributed by atoms with E-state index in [-0.39, 0.29) is 6.54 Å². The zero-order chi connectivity index (χ0) is 14.7. The number of amides is 3. The summed E-state index contributed by atoms with van der Waals surface area (Å²) in [5.74, 6) is -4.28. The van der Waals surface area contributed by atoms with Crippen LogP contribution in [0.5, 0.6) is 0 Å². The SMILES string of the molecule is CCC1C(=O)NC(=O)CN1C(=O)C(C)C(C)C(=O)O. The lowest BCUT2D eigenvalue weighted by Gasteiger charge is -2.35. The smallest absolute Gasteiger partial charge is 0.307 e. The topological polar surface area (TPSA) is 104 Å². The van der Waals surface area contributed by atoms with E-state index in [1.807, 2.05) is 0 Å². The summed E-state index contributed by atoms with van der Waals surface area (Å²) in [5.41, 5.74) is 0. The molecule has 106 valence electrons. The van der Waals surface area contributed by atoms with Crippen LogP contribution in [0.3, 0.4) is 0 Å². The molecule has 1 aliphatic heterocycles. The predicted molar refractivity (Wildman–Crippen MR) is 64.9 cm³/mol. The summed E-state index contributed by atoms with van der Waals surface area (Å²) >= 11 is 0. The number of aliphatic carboxylic acids is 1. The van der Waals surface area contributed by atoms with Gasteiger partial charge < -0.3 is 10.0 Å². The van der Waals surface area contributed by atoms with Gasteiger partial charge >= 0.3 is 5.97 Å². The summed E-state index contributed by atoms with van der Waals surface area (Å²) in [6, 6.07) is -0.714. The molecule has 0 aliphatic carbocycles. The van der Waals surface area contributed by atoms with E-state index in [2.05, 4.69) is 5.32 Å². The van der Waals surface area contributed by atoms with Crippen molar-refractivity contribution in [2.24, 2.45) is 11.8 Å². The summed E-state index contributed by atoms with van der Waals surface area (Å²) < 4.78 is 0. The molecule has 0 saturated carbocycles. The van der Waals surface area contributed by atoms with Gasteiger partial charge in [0.1, 0.15) is 12.6 Å². The predicted octanol–water partition coefficient (Wildman–Crippen LogP) is -0.393. The van der Waals surface area contributed by atoms with Crippen molar-refractivity contribution in [3.8, 4) is 0 Å². The number of carbonyl (C=O) groups is 4. The van der Waals surface area contributed by atoms with E-state index in [1.165, 1.54) is 18.7 Å². The van der Waals surface area contributed by atoms with E-state index in [0.717, 1.165) is 0 Å². The molecule has 0 aromatic rings. The average molecular weight is 270 g/mol. The molecule has 1 aliphatic rings. The van der Waals surface area contributed by atoms with Crippen LogP contribution in [0.4, 0.5) is 0 Å². The molecule has 1 heterocycles. The minimum absolute atomic E-state index is 0.209. The zero-order valence-electron chi connectivity index (χ0n) is 11.2. The minimum atomic E-state index is -1.08. The van der Waals surface area contributed by atoms with Crippen LogP contribution in [0.2, 0.25) is 0 Å². The fraction of sp³-hybridized carbons (Fsp3) is 0.667. The van der Waals surface area contributed by atoms with Gasteiger partial charge in [-0.1, -0.05) is 20.8 Å². The van der Waals surface area contributed by atoms with Gasteiger partial charge in [0.05, 0.1) is 5.92 Å². The van der Waals surface area contributed by atoms with Crippen LogP contribution >= 0.6 is 0 Å². The Balaban J connectivity index is 2.92. The molecule has 0 aromatic heterocycles. The maximum atomic E-state index is 12.2. The summed E-state index contributed by atoms with van der Waals surface area (Å²) in [6.45, 7) is 4.44. The molecule has 1 rings (SSSR count). The zero-order valence-corrected chi connectivity index (χ0v) is 11.2. The normalized spacial score (nSPS) is 22.7. The number of nitrogens with one attached hydrogen (secondary N) is 1. The van der Waals surface area contributed by atoms with Gasteiger partial charge in [-0.05, 0) is 6.42 Å². The molecule has 1 saturated heterocycles. The fourth-order valence-electron chi connectivity index (χ4n) is 1.99. The number of nitrogens with zero attached hydrogens (tertiary/aromatic N) is 1. The highest BCUT2D eigenvalue weighted by molar-refractivity contribution is 6.04. The van der Waals surface area contributed by atoms with Crippen molar-refractivity contribution in [3.63, 3.8) is 0 Å². The molecule has 7 nitrogen and oxygen atoms in total. The highest BCUT2D eigenvalue weighted by atomic mass is 16.4. The summed E-state index contributed by atoms with van der Waals surface area (Å²) in [7, 11) is 0. The van der Waals surface area contributed by atoms with Gasteiger partial charge in [0, 0.05) is 5.92 Å². The van der Waals surface area contributed by atoms with Gasteiger partial charge in [0.2, 0.25) is 17.7 Å². The van der Waals surface area contributed by atoms with Crippen LogP contribution in [0.25, 0.3) is 0 Å². The monoisotopic (exact) mass is 270 g/mol. The lowest BCUT2D eigenvalue weighted by molar-refractivity contribution is -0.155. The standard InChI is InChI=1S/C12H18N2O5/c1-4-8-10(16)13-9(15)5-14(8)11(17)6(2)7(3)12(18)19/h6-8H,4-5H2,1-3H3,(H,18,19)(H,13,15,16). The first-order valence-corrected chi connectivity index (χ1v) is 6.16. The van der Waals surface area contributed by atoms with Gasteiger partial charge in [-0.15, -0.1) is 0 Å². The molecule has 19 heavy (non-hydrogen) atoms. The summed E-state index contributed by atoms with van der Waals surface area (Å²) in [6.07, 6.45) is 0.374. The van der Waals surface area contributed by atoms with Gasteiger partial charge in [-0.2, -0.15) is 0 Å².